The molecule has 0 fully saturated rings. The molecule has 0 bridgehead atoms. The lowest BCUT2D eigenvalue weighted by Gasteiger charge is -1.79. The molecule has 0 heterocycles. The van der Waals surface area contributed by atoms with E-state index in [-0.39, 0.29) is 11.1 Å². The standard InChI is InChI=1S/2C4H6O2.2C3H4O2/c2*1-3(2)4(5)6;2*1-2-3(4)5/h2*1H2,2H3,(H,5,6);2*2H,1H2,(H,4,5). The molecule has 124 valence electrons. The first-order valence-electron chi connectivity index (χ1n) is 5.31. The van der Waals surface area contributed by atoms with Gasteiger partial charge in [0.2, 0.25) is 0 Å². The van der Waals surface area contributed by atoms with Crippen molar-refractivity contribution < 1.29 is 39.6 Å². The van der Waals surface area contributed by atoms with Crippen LogP contribution in [-0.2, 0) is 19.2 Å². The third-order valence-electron chi connectivity index (χ3n) is 1.08. The van der Waals surface area contributed by atoms with Crippen molar-refractivity contribution >= 4 is 23.9 Å². The average molecular weight is 316 g/mol. The highest BCUT2D eigenvalue weighted by atomic mass is 16.4. The first kappa shape index (κ1) is 27.2. The molecule has 0 aromatic carbocycles. The van der Waals surface area contributed by atoms with Gasteiger partial charge in [-0.05, 0) is 13.8 Å². The molecule has 0 rings (SSSR count). The Kier molecular flexibility index (Phi) is 22.1. The number of rotatable bonds is 4. The maximum Gasteiger partial charge on any atom is 0.330 e. The monoisotopic (exact) mass is 316 g/mol. The molecule has 0 unspecified atom stereocenters. The summed E-state index contributed by atoms with van der Waals surface area (Å²) in [5, 5.41) is 31.0. The van der Waals surface area contributed by atoms with E-state index in [0.717, 1.165) is 12.2 Å². The topological polar surface area (TPSA) is 149 Å². The largest absolute Gasteiger partial charge is 0.478 e. The van der Waals surface area contributed by atoms with Gasteiger partial charge in [0.05, 0.1) is 0 Å². The van der Waals surface area contributed by atoms with Gasteiger partial charge in [-0.3, -0.25) is 0 Å². The van der Waals surface area contributed by atoms with Crippen LogP contribution in [0.25, 0.3) is 0 Å². The summed E-state index contributed by atoms with van der Waals surface area (Å²) in [6.45, 7) is 15.1. The summed E-state index contributed by atoms with van der Waals surface area (Å²) in [5.41, 5.74) is 0.352. The van der Waals surface area contributed by atoms with Crippen LogP contribution in [0.15, 0.2) is 49.6 Å². The molecule has 8 heteroatoms. The van der Waals surface area contributed by atoms with Gasteiger partial charge in [-0.25, -0.2) is 19.2 Å². The van der Waals surface area contributed by atoms with Crippen molar-refractivity contribution in [2.24, 2.45) is 0 Å². The quantitative estimate of drug-likeness (QED) is 0.573. The maximum absolute atomic E-state index is 9.60. The Bertz CT molecular complexity index is 380. The first-order valence-corrected chi connectivity index (χ1v) is 5.31. The second-order valence-electron chi connectivity index (χ2n) is 3.26. The Balaban J connectivity index is -0.0000000986. The van der Waals surface area contributed by atoms with E-state index in [1.807, 2.05) is 0 Å². The summed E-state index contributed by atoms with van der Waals surface area (Å²) in [6.07, 6.45) is 1.67. The van der Waals surface area contributed by atoms with Crippen LogP contribution in [0.1, 0.15) is 13.8 Å². The normalized spacial score (nSPS) is 7.00. The Morgan fingerprint density at radius 2 is 0.773 bits per heavy atom. The second kappa shape index (κ2) is 17.8. The molecule has 0 aliphatic heterocycles. The summed E-state index contributed by atoms with van der Waals surface area (Å²) >= 11 is 0. The van der Waals surface area contributed by atoms with Crippen molar-refractivity contribution in [2.45, 2.75) is 13.8 Å². The van der Waals surface area contributed by atoms with Crippen LogP contribution in [0.5, 0.6) is 0 Å². The van der Waals surface area contributed by atoms with Gasteiger partial charge in [0.25, 0.3) is 0 Å². The molecule has 0 aliphatic rings. The molecule has 22 heavy (non-hydrogen) atoms. The van der Waals surface area contributed by atoms with Crippen LogP contribution < -0.4 is 0 Å². The summed E-state index contributed by atoms with van der Waals surface area (Å²) in [4.78, 5) is 37.7. The van der Waals surface area contributed by atoms with E-state index in [1.54, 1.807) is 0 Å². The molecule has 0 amide bonds. The van der Waals surface area contributed by atoms with E-state index < -0.39 is 23.9 Å². The fourth-order valence-corrected chi connectivity index (χ4v) is 0. The molecule has 0 aliphatic carbocycles. The molecule has 4 N–H and O–H groups in total. The molecule has 0 aromatic rings. The van der Waals surface area contributed by atoms with E-state index in [4.69, 9.17) is 20.4 Å². The molecule has 8 nitrogen and oxygen atoms in total. The fourth-order valence-electron chi connectivity index (χ4n) is 0. The summed E-state index contributed by atoms with van der Waals surface area (Å²) < 4.78 is 0. The molecule has 0 saturated heterocycles. The summed E-state index contributed by atoms with van der Waals surface area (Å²) in [5.74, 6) is -3.83. The Hall–Kier alpha value is -3.16. The zero-order valence-electron chi connectivity index (χ0n) is 12.4. The second-order valence-corrected chi connectivity index (χ2v) is 3.26. The van der Waals surface area contributed by atoms with Gasteiger partial charge >= 0.3 is 23.9 Å². The molecular formula is C14H20O8. The predicted octanol–water partition coefficient (Wildman–Crippen LogP) is 1.81. The van der Waals surface area contributed by atoms with Gasteiger partial charge in [-0.2, -0.15) is 0 Å². The number of aliphatic carboxylic acids is 4. The van der Waals surface area contributed by atoms with Crippen LogP contribution in [0, 0.1) is 0 Å². The fraction of sp³-hybridized carbons (Fsp3) is 0.143. The summed E-state index contributed by atoms with van der Waals surface area (Å²) in [6, 6.07) is 0. The number of carbonyl (C=O) groups is 4. The lowest BCUT2D eigenvalue weighted by atomic mass is 10.4. The van der Waals surface area contributed by atoms with Crippen molar-refractivity contribution in [3.63, 3.8) is 0 Å². The SMILES string of the molecule is C=C(C)C(=O)O.C=C(C)C(=O)O.C=CC(=O)O.C=CC(=O)O. The number of hydrogen-bond donors (Lipinski definition) is 4. The molecule has 0 spiro atoms. The number of carboxylic acids is 4. The van der Waals surface area contributed by atoms with Crippen molar-refractivity contribution in [1.82, 2.24) is 0 Å². The van der Waals surface area contributed by atoms with Gasteiger partial charge in [0.1, 0.15) is 0 Å². The highest BCUT2D eigenvalue weighted by Gasteiger charge is 1.90. The number of carboxylic acid groups (broad SMARTS) is 4. The van der Waals surface area contributed by atoms with Crippen LogP contribution >= 0.6 is 0 Å². The minimum absolute atomic E-state index is 0.176. The highest BCUT2D eigenvalue weighted by molar-refractivity contribution is 5.85. The average Bonchev–Trinajstić information content (AvgIpc) is 2.40. The van der Waals surface area contributed by atoms with Crippen LogP contribution in [0.4, 0.5) is 0 Å². The van der Waals surface area contributed by atoms with Crippen molar-refractivity contribution in [2.75, 3.05) is 0 Å². The lowest BCUT2D eigenvalue weighted by molar-refractivity contribution is -0.133. The minimum Gasteiger partial charge on any atom is -0.478 e. The van der Waals surface area contributed by atoms with E-state index in [0.29, 0.717) is 0 Å². The molecule has 0 saturated carbocycles. The first-order chi connectivity index (χ1) is 9.83. The van der Waals surface area contributed by atoms with Crippen molar-refractivity contribution in [1.29, 1.82) is 0 Å². The van der Waals surface area contributed by atoms with E-state index in [9.17, 15) is 19.2 Å². The van der Waals surface area contributed by atoms with Crippen LogP contribution in [-0.4, -0.2) is 44.3 Å². The zero-order valence-corrected chi connectivity index (χ0v) is 12.4. The van der Waals surface area contributed by atoms with E-state index >= 15 is 0 Å². The minimum atomic E-state index is -0.981. The van der Waals surface area contributed by atoms with Gasteiger partial charge in [0, 0.05) is 23.3 Å². The molecule has 0 atom stereocenters. The molecule has 0 aromatic heterocycles. The lowest BCUT2D eigenvalue weighted by Crippen LogP contribution is -1.92. The Labute approximate surface area is 128 Å². The summed E-state index contributed by atoms with van der Waals surface area (Å²) in [7, 11) is 0. The predicted molar refractivity (Wildman–Crippen MR) is 80.6 cm³/mol. The van der Waals surface area contributed by atoms with Gasteiger partial charge in [0.15, 0.2) is 0 Å². The van der Waals surface area contributed by atoms with Crippen molar-refractivity contribution in [3.8, 4) is 0 Å². The zero-order chi connectivity index (χ0) is 18.9. The van der Waals surface area contributed by atoms with E-state index in [1.165, 1.54) is 13.8 Å². The Morgan fingerprint density at radius 3 is 0.773 bits per heavy atom. The van der Waals surface area contributed by atoms with Crippen molar-refractivity contribution in [3.05, 3.63) is 49.6 Å². The third kappa shape index (κ3) is 54.1. The maximum atomic E-state index is 9.60. The van der Waals surface area contributed by atoms with E-state index in [2.05, 4.69) is 26.3 Å². The van der Waals surface area contributed by atoms with Gasteiger partial charge in [-0.15, -0.1) is 0 Å². The molecule has 0 radical (unpaired) electrons. The van der Waals surface area contributed by atoms with Crippen LogP contribution in [0.3, 0.4) is 0 Å². The highest BCUT2D eigenvalue weighted by Crippen LogP contribution is 1.81. The third-order valence-corrected chi connectivity index (χ3v) is 1.08. The smallest absolute Gasteiger partial charge is 0.330 e. The Morgan fingerprint density at radius 1 is 0.682 bits per heavy atom. The molecular weight excluding hydrogens is 296 g/mol. The van der Waals surface area contributed by atoms with Crippen LogP contribution in [0.2, 0.25) is 0 Å². The van der Waals surface area contributed by atoms with Gasteiger partial charge < -0.3 is 20.4 Å². The van der Waals surface area contributed by atoms with Gasteiger partial charge in [-0.1, -0.05) is 26.3 Å². The number of hydrogen-bond acceptors (Lipinski definition) is 4.